The van der Waals surface area contributed by atoms with Crippen LogP contribution < -0.4 is 10.1 Å². The zero-order chi connectivity index (χ0) is 17.8. The van der Waals surface area contributed by atoms with Gasteiger partial charge >= 0.3 is 0 Å². The van der Waals surface area contributed by atoms with E-state index < -0.39 is 0 Å². The van der Waals surface area contributed by atoms with Gasteiger partial charge in [-0.1, -0.05) is 12.1 Å². The highest BCUT2D eigenvalue weighted by molar-refractivity contribution is 5.94. The number of hydrogen-bond acceptors (Lipinski definition) is 4. The Labute approximate surface area is 149 Å². The number of piperazine rings is 1. The summed E-state index contributed by atoms with van der Waals surface area (Å²) < 4.78 is 5.77. The van der Waals surface area contributed by atoms with E-state index in [-0.39, 0.29) is 11.9 Å². The summed E-state index contributed by atoms with van der Waals surface area (Å²) in [6, 6.07) is 12.0. The number of aromatic nitrogens is 1. The van der Waals surface area contributed by atoms with Gasteiger partial charge in [0.25, 0.3) is 5.91 Å². The zero-order valence-electron chi connectivity index (χ0n) is 15.0. The van der Waals surface area contributed by atoms with Crippen LogP contribution >= 0.6 is 0 Å². The molecular weight excluding hydrogens is 314 g/mol. The smallest absolute Gasteiger partial charge is 0.254 e. The molecule has 0 bridgehead atoms. The van der Waals surface area contributed by atoms with E-state index in [1.165, 1.54) is 0 Å². The topological polar surface area (TPSA) is 54.5 Å². The molecule has 2 atom stereocenters. The Morgan fingerprint density at radius 2 is 2.16 bits per heavy atom. The molecule has 2 unspecified atom stereocenters. The second-order valence-corrected chi connectivity index (χ2v) is 6.61. The molecule has 1 aliphatic rings. The Kier molecular flexibility index (Phi) is 5.34. The standard InChI is InChI=1S/C20H25N3O2/c1-14-7-8-19(12-22-14)25-13-17-5-4-6-18(11-17)20(24)23-10-9-21-15(2)16(23)3/h4-8,11-12,15-16,21H,9-10,13H2,1-3H3. The third kappa shape index (κ3) is 4.17. The second kappa shape index (κ2) is 7.66. The summed E-state index contributed by atoms with van der Waals surface area (Å²) in [5, 5.41) is 3.40. The van der Waals surface area contributed by atoms with Crippen molar-refractivity contribution in [3.05, 3.63) is 59.4 Å². The van der Waals surface area contributed by atoms with E-state index in [1.54, 1.807) is 6.20 Å². The van der Waals surface area contributed by atoms with E-state index in [1.807, 2.05) is 48.2 Å². The van der Waals surface area contributed by atoms with Gasteiger partial charge in [0.1, 0.15) is 12.4 Å². The molecule has 132 valence electrons. The number of ether oxygens (including phenoxy) is 1. The van der Waals surface area contributed by atoms with Gasteiger partial charge in [-0.2, -0.15) is 0 Å². The molecule has 3 rings (SSSR count). The van der Waals surface area contributed by atoms with E-state index in [4.69, 9.17) is 4.74 Å². The SMILES string of the molecule is Cc1ccc(OCc2cccc(C(=O)N3CCNC(C)C3C)c2)cn1. The number of nitrogens with zero attached hydrogens (tertiary/aromatic N) is 2. The number of hydrogen-bond donors (Lipinski definition) is 1. The number of benzene rings is 1. The van der Waals surface area contributed by atoms with E-state index in [2.05, 4.69) is 24.1 Å². The van der Waals surface area contributed by atoms with Gasteiger partial charge in [0.2, 0.25) is 0 Å². The van der Waals surface area contributed by atoms with Crippen molar-refractivity contribution in [2.24, 2.45) is 0 Å². The Morgan fingerprint density at radius 1 is 1.32 bits per heavy atom. The Bertz CT molecular complexity index is 730. The van der Waals surface area contributed by atoms with Crippen LogP contribution in [0, 0.1) is 6.92 Å². The maximum absolute atomic E-state index is 12.9. The highest BCUT2D eigenvalue weighted by Crippen LogP contribution is 2.17. The van der Waals surface area contributed by atoms with Crippen LogP contribution in [0.25, 0.3) is 0 Å². The van der Waals surface area contributed by atoms with E-state index in [0.717, 1.165) is 30.1 Å². The summed E-state index contributed by atoms with van der Waals surface area (Å²) in [6.07, 6.45) is 1.72. The normalized spacial score (nSPS) is 20.4. The number of aryl methyl sites for hydroxylation is 1. The largest absolute Gasteiger partial charge is 0.487 e. The van der Waals surface area contributed by atoms with Crippen molar-refractivity contribution in [3.8, 4) is 5.75 Å². The first-order chi connectivity index (χ1) is 12.0. The van der Waals surface area contributed by atoms with E-state index in [9.17, 15) is 4.79 Å². The lowest BCUT2D eigenvalue weighted by Crippen LogP contribution is -2.57. The molecule has 1 fully saturated rings. The van der Waals surface area contributed by atoms with Gasteiger partial charge < -0.3 is 15.0 Å². The van der Waals surface area contributed by atoms with Crippen LogP contribution in [0.3, 0.4) is 0 Å². The maximum atomic E-state index is 12.9. The van der Waals surface area contributed by atoms with Crippen molar-refractivity contribution in [3.63, 3.8) is 0 Å². The molecule has 1 amide bonds. The average Bonchev–Trinajstić information content (AvgIpc) is 2.63. The summed E-state index contributed by atoms with van der Waals surface area (Å²) in [7, 11) is 0. The average molecular weight is 339 g/mol. The first-order valence-electron chi connectivity index (χ1n) is 8.73. The highest BCUT2D eigenvalue weighted by atomic mass is 16.5. The van der Waals surface area contributed by atoms with E-state index in [0.29, 0.717) is 18.2 Å². The number of nitrogens with one attached hydrogen (secondary N) is 1. The number of rotatable bonds is 4. The molecule has 2 heterocycles. The lowest BCUT2D eigenvalue weighted by molar-refractivity contribution is 0.0603. The van der Waals surface area contributed by atoms with Crippen LogP contribution in [0.1, 0.15) is 35.5 Å². The molecular formula is C20H25N3O2. The molecule has 25 heavy (non-hydrogen) atoms. The van der Waals surface area contributed by atoms with Gasteiger partial charge in [-0.15, -0.1) is 0 Å². The van der Waals surface area contributed by atoms with Crippen molar-refractivity contribution in [2.45, 2.75) is 39.5 Å². The second-order valence-electron chi connectivity index (χ2n) is 6.61. The summed E-state index contributed by atoms with van der Waals surface area (Å²) in [6.45, 7) is 8.13. The minimum absolute atomic E-state index is 0.0831. The fraction of sp³-hybridized carbons (Fsp3) is 0.400. The highest BCUT2D eigenvalue weighted by Gasteiger charge is 2.28. The molecule has 1 aromatic carbocycles. The third-order valence-electron chi connectivity index (χ3n) is 4.76. The number of pyridine rings is 1. The predicted molar refractivity (Wildman–Crippen MR) is 97.7 cm³/mol. The van der Waals surface area contributed by atoms with Crippen LogP contribution in [0.5, 0.6) is 5.75 Å². The van der Waals surface area contributed by atoms with Gasteiger partial charge in [0.05, 0.1) is 6.20 Å². The lowest BCUT2D eigenvalue weighted by Gasteiger charge is -2.38. The fourth-order valence-electron chi connectivity index (χ4n) is 3.01. The summed E-state index contributed by atoms with van der Waals surface area (Å²) in [5.74, 6) is 0.812. The lowest BCUT2D eigenvalue weighted by atomic mass is 10.0. The van der Waals surface area contributed by atoms with E-state index >= 15 is 0 Å². The zero-order valence-corrected chi connectivity index (χ0v) is 15.0. The number of amides is 1. The monoisotopic (exact) mass is 339 g/mol. The minimum atomic E-state index is 0.0831. The number of carbonyl (C=O) groups excluding carboxylic acids is 1. The number of carbonyl (C=O) groups is 1. The van der Waals surface area contributed by atoms with Crippen LogP contribution in [0.2, 0.25) is 0 Å². The quantitative estimate of drug-likeness (QED) is 0.931. The molecule has 2 aromatic rings. The predicted octanol–water partition coefficient (Wildman–Crippen LogP) is 2.79. The molecule has 1 N–H and O–H groups in total. The van der Waals surface area contributed by atoms with Crippen LogP contribution in [-0.4, -0.2) is 41.0 Å². The fourth-order valence-corrected chi connectivity index (χ4v) is 3.01. The third-order valence-corrected chi connectivity index (χ3v) is 4.76. The van der Waals surface area contributed by atoms with Gasteiger partial charge in [-0.25, -0.2) is 0 Å². The van der Waals surface area contributed by atoms with Crippen molar-refractivity contribution in [2.75, 3.05) is 13.1 Å². The molecule has 5 nitrogen and oxygen atoms in total. The van der Waals surface area contributed by atoms with Crippen molar-refractivity contribution < 1.29 is 9.53 Å². The van der Waals surface area contributed by atoms with Crippen LogP contribution in [0.4, 0.5) is 0 Å². The van der Waals surface area contributed by atoms with Gasteiger partial charge in [-0.3, -0.25) is 9.78 Å². The Hall–Kier alpha value is -2.40. The molecule has 1 saturated heterocycles. The molecule has 0 spiro atoms. The molecule has 5 heteroatoms. The van der Waals surface area contributed by atoms with Crippen molar-refractivity contribution >= 4 is 5.91 Å². The van der Waals surface area contributed by atoms with Gasteiger partial charge in [-0.05, 0) is 50.6 Å². The minimum Gasteiger partial charge on any atom is -0.487 e. The van der Waals surface area contributed by atoms with Crippen molar-refractivity contribution in [1.29, 1.82) is 0 Å². The first kappa shape index (κ1) is 17.4. The molecule has 1 aromatic heterocycles. The van der Waals surface area contributed by atoms with Crippen LogP contribution in [0.15, 0.2) is 42.6 Å². The summed E-state index contributed by atoms with van der Waals surface area (Å²) >= 11 is 0. The first-order valence-corrected chi connectivity index (χ1v) is 8.73. The Morgan fingerprint density at radius 3 is 2.92 bits per heavy atom. The summed E-state index contributed by atoms with van der Waals surface area (Å²) in [4.78, 5) is 19.0. The van der Waals surface area contributed by atoms with Gasteiger partial charge in [0.15, 0.2) is 0 Å². The molecule has 0 radical (unpaired) electrons. The summed E-state index contributed by atoms with van der Waals surface area (Å²) in [5.41, 5.74) is 2.64. The molecule has 0 saturated carbocycles. The molecule has 1 aliphatic heterocycles. The van der Waals surface area contributed by atoms with Crippen molar-refractivity contribution in [1.82, 2.24) is 15.2 Å². The van der Waals surface area contributed by atoms with Gasteiger partial charge in [0, 0.05) is 36.4 Å². The molecule has 0 aliphatic carbocycles. The van der Waals surface area contributed by atoms with Crippen LogP contribution in [-0.2, 0) is 6.61 Å². The maximum Gasteiger partial charge on any atom is 0.254 e. The Balaban J connectivity index is 1.68.